The Morgan fingerprint density at radius 1 is 1.33 bits per heavy atom. The standard InChI is InChI=1S/C23H36O4/c1-15(2)16-6-8-19-17(12-16)7-9-20-22(19,3)10-5-11-23(20,4)21(26)27-14-18(25)13-24/h7,12,15,18-20,24-25H,5-6,8-11,13-14H2,1-4H3/t18-,19+,20-,22+,23-/m0/s1. The first-order valence-electron chi connectivity index (χ1n) is 10.6. The van der Waals surface area contributed by atoms with E-state index in [2.05, 4.69) is 39.8 Å². The number of aliphatic hydroxyl groups is 2. The van der Waals surface area contributed by atoms with Gasteiger partial charge >= 0.3 is 5.97 Å². The van der Waals surface area contributed by atoms with E-state index in [-0.39, 0.29) is 30.5 Å². The zero-order valence-corrected chi connectivity index (χ0v) is 17.3. The Labute approximate surface area is 163 Å². The number of hydrogen-bond donors (Lipinski definition) is 2. The van der Waals surface area contributed by atoms with Gasteiger partial charge < -0.3 is 14.9 Å². The molecule has 0 bridgehead atoms. The molecule has 0 aromatic rings. The summed E-state index contributed by atoms with van der Waals surface area (Å²) < 4.78 is 5.43. The van der Waals surface area contributed by atoms with Crippen molar-refractivity contribution in [3.63, 3.8) is 0 Å². The number of aliphatic hydroxyl groups excluding tert-OH is 2. The fourth-order valence-corrected chi connectivity index (χ4v) is 5.98. The zero-order chi connectivity index (χ0) is 19.8. The number of hydrogen-bond acceptors (Lipinski definition) is 4. The third-order valence-electron chi connectivity index (χ3n) is 7.66. The first-order valence-corrected chi connectivity index (χ1v) is 10.6. The lowest BCUT2D eigenvalue weighted by Gasteiger charge is -2.57. The molecule has 1 saturated carbocycles. The number of carbonyl (C=O) groups excluding carboxylic acids is 1. The minimum Gasteiger partial charge on any atom is -0.462 e. The van der Waals surface area contributed by atoms with Gasteiger partial charge in [-0.25, -0.2) is 0 Å². The van der Waals surface area contributed by atoms with Gasteiger partial charge in [0.15, 0.2) is 0 Å². The highest BCUT2D eigenvalue weighted by atomic mass is 16.5. The molecule has 3 rings (SSSR count). The van der Waals surface area contributed by atoms with E-state index < -0.39 is 11.5 Å². The van der Waals surface area contributed by atoms with Gasteiger partial charge in [0.1, 0.15) is 12.7 Å². The molecule has 0 saturated heterocycles. The molecule has 27 heavy (non-hydrogen) atoms. The van der Waals surface area contributed by atoms with Gasteiger partial charge in [0.2, 0.25) is 0 Å². The fourth-order valence-electron chi connectivity index (χ4n) is 5.98. The van der Waals surface area contributed by atoms with Crippen molar-refractivity contribution >= 4 is 5.97 Å². The van der Waals surface area contributed by atoms with Crippen molar-refractivity contribution in [3.05, 3.63) is 23.3 Å². The predicted molar refractivity (Wildman–Crippen MR) is 106 cm³/mol. The quantitative estimate of drug-likeness (QED) is 0.711. The van der Waals surface area contributed by atoms with Gasteiger partial charge in [0.05, 0.1) is 12.0 Å². The Bertz CT molecular complexity index is 634. The number of carbonyl (C=O) groups is 1. The van der Waals surface area contributed by atoms with E-state index >= 15 is 0 Å². The molecule has 0 unspecified atom stereocenters. The van der Waals surface area contributed by atoms with Crippen molar-refractivity contribution in [2.24, 2.45) is 28.6 Å². The Hall–Kier alpha value is -1.13. The summed E-state index contributed by atoms with van der Waals surface area (Å²) in [4.78, 5) is 13.0. The SMILES string of the molecule is CC(C)C1=CC2=CC[C@H]3[C@](C)(CCC[C@]3(C)C(=O)OC[C@@H](O)CO)[C@@H]2CC1. The number of allylic oxidation sites excluding steroid dienone is 4. The van der Waals surface area contributed by atoms with Crippen LogP contribution in [-0.4, -0.2) is 35.5 Å². The van der Waals surface area contributed by atoms with Gasteiger partial charge in [-0.05, 0) is 67.8 Å². The van der Waals surface area contributed by atoms with Crippen LogP contribution in [0.4, 0.5) is 0 Å². The lowest BCUT2D eigenvalue weighted by Crippen LogP contribution is -2.53. The highest BCUT2D eigenvalue weighted by Gasteiger charge is 2.57. The number of rotatable bonds is 5. The van der Waals surface area contributed by atoms with E-state index in [1.165, 1.54) is 12.0 Å². The Morgan fingerprint density at radius 2 is 2.07 bits per heavy atom. The van der Waals surface area contributed by atoms with E-state index in [0.717, 1.165) is 32.1 Å². The molecule has 0 radical (unpaired) electrons. The van der Waals surface area contributed by atoms with E-state index in [9.17, 15) is 9.90 Å². The molecule has 0 spiro atoms. The topological polar surface area (TPSA) is 66.8 Å². The summed E-state index contributed by atoms with van der Waals surface area (Å²) in [5, 5.41) is 18.5. The first kappa shape index (κ1) is 20.6. The summed E-state index contributed by atoms with van der Waals surface area (Å²) in [5.74, 6) is 1.17. The van der Waals surface area contributed by atoms with E-state index in [1.807, 2.05) is 0 Å². The second-order valence-electron chi connectivity index (χ2n) is 9.67. The van der Waals surface area contributed by atoms with Gasteiger partial charge in [-0.15, -0.1) is 0 Å². The van der Waals surface area contributed by atoms with Crippen LogP contribution in [0.25, 0.3) is 0 Å². The number of ether oxygens (including phenoxy) is 1. The van der Waals surface area contributed by atoms with Crippen LogP contribution in [0.1, 0.15) is 66.2 Å². The van der Waals surface area contributed by atoms with Crippen LogP contribution in [0, 0.1) is 28.6 Å². The second kappa shape index (κ2) is 7.71. The molecule has 5 atom stereocenters. The molecule has 4 heteroatoms. The molecular weight excluding hydrogens is 340 g/mol. The van der Waals surface area contributed by atoms with E-state index in [1.54, 1.807) is 5.57 Å². The molecule has 152 valence electrons. The highest BCUT2D eigenvalue weighted by molar-refractivity contribution is 5.77. The summed E-state index contributed by atoms with van der Waals surface area (Å²) >= 11 is 0. The van der Waals surface area contributed by atoms with Gasteiger partial charge in [-0.3, -0.25) is 4.79 Å². The van der Waals surface area contributed by atoms with Crippen molar-refractivity contribution < 1.29 is 19.7 Å². The van der Waals surface area contributed by atoms with Gasteiger partial charge in [0.25, 0.3) is 0 Å². The fraction of sp³-hybridized carbons (Fsp3) is 0.783. The maximum absolute atomic E-state index is 13.0. The smallest absolute Gasteiger partial charge is 0.312 e. The van der Waals surface area contributed by atoms with Crippen LogP contribution in [-0.2, 0) is 9.53 Å². The molecule has 4 nitrogen and oxygen atoms in total. The summed E-state index contributed by atoms with van der Waals surface area (Å²) in [6, 6.07) is 0. The van der Waals surface area contributed by atoms with Crippen LogP contribution in [0.5, 0.6) is 0 Å². The molecule has 2 N–H and O–H groups in total. The lowest BCUT2D eigenvalue weighted by atomic mass is 9.47. The molecule has 0 aliphatic heterocycles. The van der Waals surface area contributed by atoms with Gasteiger partial charge in [-0.2, -0.15) is 0 Å². The maximum atomic E-state index is 13.0. The average Bonchev–Trinajstić information content (AvgIpc) is 2.65. The molecule has 3 aliphatic carbocycles. The van der Waals surface area contributed by atoms with Crippen molar-refractivity contribution in [2.45, 2.75) is 72.3 Å². The summed E-state index contributed by atoms with van der Waals surface area (Å²) in [6.07, 6.45) is 10.1. The Balaban J connectivity index is 1.85. The highest BCUT2D eigenvalue weighted by Crippen LogP contribution is 2.62. The van der Waals surface area contributed by atoms with Crippen molar-refractivity contribution in [1.82, 2.24) is 0 Å². The third kappa shape index (κ3) is 3.63. The summed E-state index contributed by atoms with van der Waals surface area (Å²) in [5.41, 5.74) is 2.63. The number of fused-ring (bicyclic) bond motifs is 3. The third-order valence-corrected chi connectivity index (χ3v) is 7.66. The van der Waals surface area contributed by atoms with Crippen LogP contribution in [0.3, 0.4) is 0 Å². The van der Waals surface area contributed by atoms with E-state index in [0.29, 0.717) is 11.8 Å². The largest absolute Gasteiger partial charge is 0.462 e. The van der Waals surface area contributed by atoms with E-state index in [4.69, 9.17) is 9.84 Å². The average molecular weight is 377 g/mol. The van der Waals surface area contributed by atoms with Crippen molar-refractivity contribution in [2.75, 3.05) is 13.2 Å². The monoisotopic (exact) mass is 376 g/mol. The first-order chi connectivity index (χ1) is 12.7. The molecule has 0 amide bonds. The van der Waals surface area contributed by atoms with Gasteiger partial charge in [-0.1, -0.05) is 44.9 Å². The normalized spacial score (nSPS) is 37.0. The Morgan fingerprint density at radius 3 is 2.74 bits per heavy atom. The minimum atomic E-state index is -0.997. The van der Waals surface area contributed by atoms with Crippen LogP contribution in [0.15, 0.2) is 23.3 Å². The van der Waals surface area contributed by atoms with Crippen LogP contribution < -0.4 is 0 Å². The molecule has 3 aliphatic rings. The summed E-state index contributed by atoms with van der Waals surface area (Å²) in [6.45, 7) is 8.48. The van der Waals surface area contributed by atoms with Crippen LogP contribution in [0.2, 0.25) is 0 Å². The van der Waals surface area contributed by atoms with Crippen LogP contribution >= 0.6 is 0 Å². The molecule has 0 aromatic heterocycles. The maximum Gasteiger partial charge on any atom is 0.312 e. The van der Waals surface area contributed by atoms with Gasteiger partial charge in [0, 0.05) is 0 Å². The number of esters is 1. The summed E-state index contributed by atoms with van der Waals surface area (Å²) in [7, 11) is 0. The second-order valence-corrected chi connectivity index (χ2v) is 9.67. The van der Waals surface area contributed by atoms with Crippen molar-refractivity contribution in [3.8, 4) is 0 Å². The molecule has 0 aromatic carbocycles. The molecule has 0 heterocycles. The predicted octanol–water partition coefficient (Wildman–Crippen LogP) is 4.02. The Kier molecular flexibility index (Phi) is 5.88. The minimum absolute atomic E-state index is 0.116. The van der Waals surface area contributed by atoms with Crippen molar-refractivity contribution in [1.29, 1.82) is 0 Å². The zero-order valence-electron chi connectivity index (χ0n) is 17.3. The molecular formula is C23H36O4. The molecule has 1 fully saturated rings. The lowest BCUT2D eigenvalue weighted by molar-refractivity contribution is -0.172.